The van der Waals surface area contributed by atoms with Gasteiger partial charge in [0.25, 0.3) is 0 Å². The summed E-state index contributed by atoms with van der Waals surface area (Å²) in [5.41, 5.74) is 0. The molecule has 1 aromatic carbocycles. The van der Waals surface area contributed by atoms with Crippen LogP contribution in [-0.2, 0) is 9.59 Å². The van der Waals surface area contributed by atoms with Crippen molar-refractivity contribution in [3.8, 4) is 5.75 Å². The predicted molar refractivity (Wildman–Crippen MR) is 64.2 cm³/mol. The molecule has 0 saturated heterocycles. The Bertz CT molecular complexity index is 470. The van der Waals surface area contributed by atoms with Crippen LogP contribution >= 0.6 is 0 Å². The van der Waals surface area contributed by atoms with Crippen molar-refractivity contribution in [2.24, 2.45) is 5.92 Å². The molecule has 0 bridgehead atoms. The van der Waals surface area contributed by atoms with E-state index in [1.807, 2.05) is 0 Å². The molecule has 19 heavy (non-hydrogen) atoms. The Labute approximate surface area is 109 Å². The Morgan fingerprint density at radius 2 is 2.00 bits per heavy atom. The number of nitrogens with one attached hydrogen (secondary N) is 1. The van der Waals surface area contributed by atoms with Gasteiger partial charge in [0, 0.05) is 5.92 Å². The summed E-state index contributed by atoms with van der Waals surface area (Å²) < 4.78 is 17.9. The maximum absolute atomic E-state index is 12.7. The van der Waals surface area contributed by atoms with E-state index in [-0.39, 0.29) is 24.1 Å². The summed E-state index contributed by atoms with van der Waals surface area (Å²) in [5.74, 6) is -1.50. The molecule has 6 heteroatoms. The molecule has 1 unspecified atom stereocenters. The van der Waals surface area contributed by atoms with E-state index < -0.39 is 17.9 Å². The smallest absolute Gasteiger partial charge is 0.346 e. The lowest BCUT2D eigenvalue weighted by atomic mass is 10.3. The number of carboxylic acid groups (broad SMARTS) is 1. The maximum Gasteiger partial charge on any atom is 0.346 e. The average molecular weight is 267 g/mol. The van der Waals surface area contributed by atoms with Crippen molar-refractivity contribution >= 4 is 11.9 Å². The van der Waals surface area contributed by atoms with Gasteiger partial charge >= 0.3 is 5.97 Å². The first-order valence-corrected chi connectivity index (χ1v) is 5.99. The second-order valence-corrected chi connectivity index (χ2v) is 4.42. The number of aliphatic carboxylic acids is 1. The van der Waals surface area contributed by atoms with Crippen LogP contribution < -0.4 is 10.1 Å². The van der Waals surface area contributed by atoms with Gasteiger partial charge in [0.05, 0.1) is 6.54 Å². The highest BCUT2D eigenvalue weighted by atomic mass is 19.1. The molecule has 1 atom stereocenters. The zero-order valence-corrected chi connectivity index (χ0v) is 10.1. The molecule has 1 aromatic rings. The SMILES string of the molecule is O=C(NCC(Oc1ccc(F)cc1)C(=O)O)C1CC1. The number of hydrogen-bond donors (Lipinski definition) is 2. The number of ether oxygens (including phenoxy) is 1. The van der Waals surface area contributed by atoms with E-state index in [9.17, 15) is 14.0 Å². The van der Waals surface area contributed by atoms with E-state index in [0.717, 1.165) is 12.8 Å². The van der Waals surface area contributed by atoms with Crippen molar-refractivity contribution < 1.29 is 23.8 Å². The van der Waals surface area contributed by atoms with Crippen LogP contribution in [0.4, 0.5) is 4.39 Å². The number of carbonyl (C=O) groups is 2. The number of halogens is 1. The van der Waals surface area contributed by atoms with Crippen LogP contribution in [0.3, 0.4) is 0 Å². The van der Waals surface area contributed by atoms with Crippen LogP contribution in [0.5, 0.6) is 5.75 Å². The van der Waals surface area contributed by atoms with E-state index in [4.69, 9.17) is 9.84 Å². The fraction of sp³-hybridized carbons (Fsp3) is 0.385. The van der Waals surface area contributed by atoms with Gasteiger partial charge in [0.15, 0.2) is 0 Å². The summed E-state index contributed by atoms with van der Waals surface area (Å²) in [7, 11) is 0. The van der Waals surface area contributed by atoms with E-state index in [0.29, 0.717) is 0 Å². The molecule has 0 aliphatic heterocycles. The van der Waals surface area contributed by atoms with Crippen LogP contribution in [0, 0.1) is 11.7 Å². The summed E-state index contributed by atoms with van der Waals surface area (Å²) >= 11 is 0. The highest BCUT2D eigenvalue weighted by molar-refractivity contribution is 5.82. The van der Waals surface area contributed by atoms with Gasteiger partial charge in [-0.25, -0.2) is 9.18 Å². The number of carbonyl (C=O) groups excluding carboxylic acids is 1. The summed E-state index contributed by atoms with van der Waals surface area (Å²) in [6.07, 6.45) is 0.512. The molecular formula is C13H14FNO4. The minimum atomic E-state index is -1.19. The maximum atomic E-state index is 12.7. The lowest BCUT2D eigenvalue weighted by Gasteiger charge is -2.15. The first kappa shape index (κ1) is 13.3. The second kappa shape index (κ2) is 5.69. The molecule has 1 amide bonds. The van der Waals surface area contributed by atoms with Gasteiger partial charge in [-0.15, -0.1) is 0 Å². The largest absolute Gasteiger partial charge is 0.478 e. The molecule has 5 nitrogen and oxygen atoms in total. The standard InChI is InChI=1S/C13H14FNO4/c14-9-3-5-10(6-4-9)19-11(13(17)18)7-15-12(16)8-1-2-8/h3-6,8,11H,1-2,7H2,(H,15,16)(H,17,18). The summed E-state index contributed by atoms with van der Waals surface area (Å²) in [6, 6.07) is 5.04. The van der Waals surface area contributed by atoms with Crippen molar-refractivity contribution in [1.82, 2.24) is 5.32 Å². The number of rotatable bonds is 6. The molecular weight excluding hydrogens is 253 g/mol. The topological polar surface area (TPSA) is 75.6 Å². The Morgan fingerprint density at radius 1 is 1.37 bits per heavy atom. The second-order valence-electron chi connectivity index (χ2n) is 4.42. The van der Waals surface area contributed by atoms with Crippen molar-refractivity contribution in [2.75, 3.05) is 6.54 Å². The molecule has 2 N–H and O–H groups in total. The normalized spacial score (nSPS) is 15.6. The van der Waals surface area contributed by atoms with Gasteiger partial charge in [0.2, 0.25) is 12.0 Å². The Morgan fingerprint density at radius 3 is 2.53 bits per heavy atom. The fourth-order valence-electron chi connectivity index (χ4n) is 1.54. The molecule has 0 radical (unpaired) electrons. The first-order valence-electron chi connectivity index (χ1n) is 5.99. The van der Waals surface area contributed by atoms with E-state index in [2.05, 4.69) is 5.32 Å². The lowest BCUT2D eigenvalue weighted by Crippen LogP contribution is -2.40. The van der Waals surface area contributed by atoms with E-state index in [1.54, 1.807) is 0 Å². The summed E-state index contributed by atoms with van der Waals surface area (Å²) in [4.78, 5) is 22.4. The molecule has 0 spiro atoms. The van der Waals surface area contributed by atoms with Crippen molar-refractivity contribution in [2.45, 2.75) is 18.9 Å². The van der Waals surface area contributed by atoms with Gasteiger partial charge in [-0.3, -0.25) is 4.79 Å². The van der Waals surface area contributed by atoms with Gasteiger partial charge < -0.3 is 15.2 Å². The molecule has 0 heterocycles. The Kier molecular flexibility index (Phi) is 3.99. The number of benzene rings is 1. The van der Waals surface area contributed by atoms with E-state index in [1.165, 1.54) is 24.3 Å². The highest BCUT2D eigenvalue weighted by Crippen LogP contribution is 2.28. The molecule has 102 valence electrons. The Balaban J connectivity index is 1.89. The molecule has 1 fully saturated rings. The van der Waals surface area contributed by atoms with Gasteiger partial charge in [-0.2, -0.15) is 0 Å². The predicted octanol–water partition coefficient (Wildman–Crippen LogP) is 1.18. The van der Waals surface area contributed by atoms with Crippen LogP contribution in [0.2, 0.25) is 0 Å². The molecule has 1 aliphatic carbocycles. The van der Waals surface area contributed by atoms with Crippen LogP contribution in [0.25, 0.3) is 0 Å². The molecule has 1 saturated carbocycles. The highest BCUT2D eigenvalue weighted by Gasteiger charge is 2.30. The molecule has 1 aliphatic rings. The monoisotopic (exact) mass is 267 g/mol. The zero-order valence-electron chi connectivity index (χ0n) is 10.1. The number of hydrogen-bond acceptors (Lipinski definition) is 3. The minimum Gasteiger partial charge on any atom is -0.478 e. The summed E-state index contributed by atoms with van der Waals surface area (Å²) in [5, 5.41) is 11.5. The minimum absolute atomic E-state index is 0.0141. The Hall–Kier alpha value is -2.11. The number of carboxylic acids is 1. The van der Waals surface area contributed by atoms with Crippen LogP contribution in [-0.4, -0.2) is 29.6 Å². The third-order valence-electron chi connectivity index (χ3n) is 2.78. The third-order valence-corrected chi connectivity index (χ3v) is 2.78. The van der Waals surface area contributed by atoms with Crippen molar-refractivity contribution in [3.05, 3.63) is 30.1 Å². The van der Waals surface area contributed by atoms with Gasteiger partial charge in [0.1, 0.15) is 11.6 Å². The molecule has 2 rings (SSSR count). The zero-order chi connectivity index (χ0) is 13.8. The van der Waals surface area contributed by atoms with Gasteiger partial charge in [-0.1, -0.05) is 0 Å². The fourth-order valence-corrected chi connectivity index (χ4v) is 1.54. The van der Waals surface area contributed by atoms with Crippen molar-refractivity contribution in [1.29, 1.82) is 0 Å². The quantitative estimate of drug-likeness (QED) is 0.811. The summed E-state index contributed by atoms with van der Waals surface area (Å²) in [6.45, 7) is -0.109. The van der Waals surface area contributed by atoms with Gasteiger partial charge in [-0.05, 0) is 37.1 Å². The first-order chi connectivity index (χ1) is 9.06. The van der Waals surface area contributed by atoms with Crippen LogP contribution in [0.15, 0.2) is 24.3 Å². The van der Waals surface area contributed by atoms with E-state index >= 15 is 0 Å². The molecule has 0 aromatic heterocycles. The van der Waals surface area contributed by atoms with Crippen molar-refractivity contribution in [3.63, 3.8) is 0 Å². The van der Waals surface area contributed by atoms with Crippen LogP contribution in [0.1, 0.15) is 12.8 Å². The average Bonchev–Trinajstić information content (AvgIpc) is 3.20. The lowest BCUT2D eigenvalue weighted by molar-refractivity contribution is -0.145. The number of amides is 1. The third kappa shape index (κ3) is 3.94.